The topological polar surface area (TPSA) is 123 Å². The number of hydrogen-bond acceptors (Lipinski definition) is 7. The SMILES string of the molecule is CCOc1ccccc1/C=C(/NC(=O)c1ccccc1)C(=O)Nc1cccc(SC(C)C(=O)Nc2ccc(-c3nc4ccccc4o3)cc2)c1. The number of ether oxygens (including phenoxy) is 1. The minimum atomic E-state index is -0.519. The first kappa shape index (κ1) is 33.8. The summed E-state index contributed by atoms with van der Waals surface area (Å²) in [5.74, 6) is -0.0305. The minimum absolute atomic E-state index is 0.0407. The Labute approximate surface area is 293 Å². The fraction of sp³-hybridized carbons (Fsp3) is 0.100. The van der Waals surface area contributed by atoms with Crippen molar-refractivity contribution >= 4 is 58.0 Å². The van der Waals surface area contributed by atoms with Crippen LogP contribution in [-0.2, 0) is 9.59 Å². The smallest absolute Gasteiger partial charge is 0.272 e. The van der Waals surface area contributed by atoms with Gasteiger partial charge < -0.3 is 25.1 Å². The van der Waals surface area contributed by atoms with Crippen LogP contribution in [0.2, 0.25) is 0 Å². The quantitative estimate of drug-likeness (QED) is 0.0875. The van der Waals surface area contributed by atoms with Crippen LogP contribution in [0.1, 0.15) is 29.8 Å². The maximum absolute atomic E-state index is 13.6. The molecule has 1 heterocycles. The molecule has 0 bridgehead atoms. The van der Waals surface area contributed by atoms with Crippen molar-refractivity contribution in [3.8, 4) is 17.2 Å². The van der Waals surface area contributed by atoms with Gasteiger partial charge in [-0.1, -0.05) is 54.6 Å². The first-order valence-electron chi connectivity index (χ1n) is 16.0. The summed E-state index contributed by atoms with van der Waals surface area (Å²) < 4.78 is 11.6. The summed E-state index contributed by atoms with van der Waals surface area (Å²) in [6.45, 7) is 4.13. The van der Waals surface area contributed by atoms with E-state index < -0.39 is 17.1 Å². The third kappa shape index (κ3) is 8.47. The highest BCUT2D eigenvalue weighted by atomic mass is 32.2. The number of carbonyl (C=O) groups is 3. The molecular weight excluding hydrogens is 649 g/mol. The summed E-state index contributed by atoms with van der Waals surface area (Å²) >= 11 is 1.35. The normalized spacial score (nSPS) is 11.8. The second-order valence-electron chi connectivity index (χ2n) is 11.1. The molecule has 1 unspecified atom stereocenters. The summed E-state index contributed by atoms with van der Waals surface area (Å²) in [6.07, 6.45) is 1.59. The number of nitrogens with zero attached hydrogens (tertiary/aromatic N) is 1. The van der Waals surface area contributed by atoms with E-state index in [2.05, 4.69) is 20.9 Å². The Bertz CT molecular complexity index is 2130. The van der Waals surface area contributed by atoms with Gasteiger partial charge in [0.25, 0.3) is 11.8 Å². The van der Waals surface area contributed by atoms with Gasteiger partial charge in [-0.3, -0.25) is 14.4 Å². The highest BCUT2D eigenvalue weighted by Gasteiger charge is 2.18. The number of hydrogen-bond donors (Lipinski definition) is 3. The third-order valence-electron chi connectivity index (χ3n) is 7.51. The molecule has 0 saturated heterocycles. The van der Waals surface area contributed by atoms with Crippen molar-refractivity contribution in [3.05, 3.63) is 144 Å². The molecule has 250 valence electrons. The molecule has 5 aromatic carbocycles. The number of benzene rings is 5. The van der Waals surface area contributed by atoms with E-state index in [1.807, 2.05) is 92.7 Å². The van der Waals surface area contributed by atoms with Crippen LogP contribution in [0.25, 0.3) is 28.6 Å². The van der Waals surface area contributed by atoms with Crippen LogP contribution < -0.4 is 20.7 Å². The predicted octanol–water partition coefficient (Wildman–Crippen LogP) is 8.42. The molecule has 10 heteroatoms. The second-order valence-corrected chi connectivity index (χ2v) is 12.6. The first-order valence-corrected chi connectivity index (χ1v) is 16.9. The molecule has 0 aliphatic carbocycles. The lowest BCUT2D eigenvalue weighted by Gasteiger charge is -2.15. The number of oxazole rings is 1. The van der Waals surface area contributed by atoms with E-state index in [1.165, 1.54) is 11.8 Å². The molecular formula is C40H34N4O5S. The van der Waals surface area contributed by atoms with Gasteiger partial charge in [-0.15, -0.1) is 11.8 Å². The highest BCUT2D eigenvalue weighted by molar-refractivity contribution is 8.00. The average molecular weight is 683 g/mol. The summed E-state index contributed by atoms with van der Waals surface area (Å²) in [6, 6.07) is 38.0. The molecule has 1 aromatic heterocycles. The van der Waals surface area contributed by atoms with Gasteiger partial charge in [0, 0.05) is 33.0 Å². The van der Waals surface area contributed by atoms with Gasteiger partial charge in [-0.25, -0.2) is 4.98 Å². The third-order valence-corrected chi connectivity index (χ3v) is 8.61. The zero-order valence-corrected chi connectivity index (χ0v) is 28.2. The molecule has 3 N–H and O–H groups in total. The van der Waals surface area contributed by atoms with Gasteiger partial charge in [-0.2, -0.15) is 0 Å². The van der Waals surface area contributed by atoms with Gasteiger partial charge in [0.2, 0.25) is 11.8 Å². The lowest BCUT2D eigenvalue weighted by Crippen LogP contribution is -2.30. The summed E-state index contributed by atoms with van der Waals surface area (Å²) in [5.41, 5.74) is 4.53. The van der Waals surface area contributed by atoms with E-state index in [0.717, 1.165) is 16.0 Å². The zero-order valence-electron chi connectivity index (χ0n) is 27.4. The molecule has 0 aliphatic rings. The van der Waals surface area contributed by atoms with E-state index in [1.54, 1.807) is 54.6 Å². The summed E-state index contributed by atoms with van der Waals surface area (Å²) in [5, 5.41) is 8.16. The molecule has 50 heavy (non-hydrogen) atoms. The van der Waals surface area contributed by atoms with Crippen molar-refractivity contribution in [3.63, 3.8) is 0 Å². The van der Waals surface area contributed by atoms with Gasteiger partial charge in [0.05, 0.1) is 11.9 Å². The number of para-hydroxylation sites is 3. The Hall–Kier alpha value is -6.13. The predicted molar refractivity (Wildman–Crippen MR) is 198 cm³/mol. The number of anilines is 2. The number of amides is 3. The Morgan fingerprint density at radius 2 is 1.56 bits per heavy atom. The van der Waals surface area contributed by atoms with Crippen molar-refractivity contribution in [2.45, 2.75) is 24.0 Å². The first-order chi connectivity index (χ1) is 24.4. The van der Waals surface area contributed by atoms with Crippen molar-refractivity contribution in [2.75, 3.05) is 17.2 Å². The van der Waals surface area contributed by atoms with E-state index in [4.69, 9.17) is 9.15 Å². The zero-order chi connectivity index (χ0) is 34.9. The van der Waals surface area contributed by atoms with Crippen LogP contribution in [0, 0.1) is 0 Å². The van der Waals surface area contributed by atoms with Crippen molar-refractivity contribution < 1.29 is 23.5 Å². The van der Waals surface area contributed by atoms with Crippen molar-refractivity contribution in [1.29, 1.82) is 0 Å². The van der Waals surface area contributed by atoms with Crippen LogP contribution >= 0.6 is 11.8 Å². The largest absolute Gasteiger partial charge is 0.493 e. The Morgan fingerprint density at radius 1 is 0.820 bits per heavy atom. The van der Waals surface area contributed by atoms with Crippen LogP contribution in [0.3, 0.4) is 0 Å². The fourth-order valence-corrected chi connectivity index (χ4v) is 5.95. The van der Waals surface area contributed by atoms with E-state index >= 15 is 0 Å². The summed E-state index contributed by atoms with van der Waals surface area (Å²) in [7, 11) is 0. The molecule has 0 radical (unpaired) electrons. The molecule has 6 aromatic rings. The number of nitrogens with one attached hydrogen (secondary N) is 3. The molecule has 0 fully saturated rings. The fourth-order valence-electron chi connectivity index (χ4n) is 5.02. The van der Waals surface area contributed by atoms with Crippen LogP contribution in [0.15, 0.2) is 142 Å². The molecule has 0 spiro atoms. The number of carbonyl (C=O) groups excluding carboxylic acids is 3. The number of aromatic nitrogens is 1. The van der Waals surface area contributed by atoms with Crippen LogP contribution in [0.4, 0.5) is 11.4 Å². The molecule has 1 atom stereocenters. The lowest BCUT2D eigenvalue weighted by atomic mass is 10.1. The Morgan fingerprint density at radius 3 is 2.34 bits per heavy atom. The van der Waals surface area contributed by atoms with Gasteiger partial charge in [0.15, 0.2) is 5.58 Å². The maximum Gasteiger partial charge on any atom is 0.272 e. The van der Waals surface area contributed by atoms with Crippen molar-refractivity contribution in [2.24, 2.45) is 0 Å². The average Bonchev–Trinajstić information content (AvgIpc) is 3.57. The standard InChI is InChI=1S/C40H34N4O5S/c1-3-48-35-18-9-7-14-29(35)24-34(43-38(46)27-12-5-4-6-13-27)39(47)42-31-15-11-16-32(25-31)50-26(2)37(45)41-30-22-20-28(21-23-30)40-44-33-17-8-10-19-36(33)49-40/h4-26H,3H2,1-2H3,(H,41,45)(H,42,47)(H,43,46)/b34-24+. The molecule has 3 amide bonds. The molecule has 0 saturated carbocycles. The van der Waals surface area contributed by atoms with Gasteiger partial charge >= 0.3 is 0 Å². The number of thioether (sulfide) groups is 1. The molecule has 0 aliphatic heterocycles. The van der Waals surface area contributed by atoms with E-state index in [0.29, 0.717) is 46.3 Å². The van der Waals surface area contributed by atoms with Crippen LogP contribution in [-0.4, -0.2) is 34.6 Å². The number of fused-ring (bicyclic) bond motifs is 1. The van der Waals surface area contributed by atoms with E-state index in [-0.39, 0.29) is 11.6 Å². The van der Waals surface area contributed by atoms with E-state index in [9.17, 15) is 14.4 Å². The highest BCUT2D eigenvalue weighted by Crippen LogP contribution is 2.29. The number of rotatable bonds is 12. The maximum atomic E-state index is 13.6. The lowest BCUT2D eigenvalue weighted by molar-refractivity contribution is -0.115. The van der Waals surface area contributed by atoms with Gasteiger partial charge in [0.1, 0.15) is 17.0 Å². The minimum Gasteiger partial charge on any atom is -0.493 e. The monoisotopic (exact) mass is 682 g/mol. The molecule has 9 nitrogen and oxygen atoms in total. The van der Waals surface area contributed by atoms with Gasteiger partial charge in [-0.05, 0) is 92.7 Å². The molecule has 6 rings (SSSR count). The Kier molecular flexibility index (Phi) is 10.7. The van der Waals surface area contributed by atoms with Crippen LogP contribution in [0.5, 0.6) is 5.75 Å². The summed E-state index contributed by atoms with van der Waals surface area (Å²) in [4.78, 5) is 45.1. The Balaban J connectivity index is 1.12. The second kappa shape index (κ2) is 15.8. The van der Waals surface area contributed by atoms with Crippen molar-refractivity contribution in [1.82, 2.24) is 10.3 Å².